The molecule has 10 heteroatoms. The Bertz CT molecular complexity index is 1370. The van der Waals surface area contributed by atoms with Crippen molar-refractivity contribution in [3.05, 3.63) is 78.6 Å². The van der Waals surface area contributed by atoms with Gasteiger partial charge in [-0.2, -0.15) is 0 Å². The van der Waals surface area contributed by atoms with Gasteiger partial charge in [-0.1, -0.05) is 24.3 Å². The molecular weight excluding hydrogens is 431 g/mol. The summed E-state index contributed by atoms with van der Waals surface area (Å²) >= 11 is 0. The molecule has 0 aliphatic rings. The molecule has 2 heterocycles. The van der Waals surface area contributed by atoms with Crippen molar-refractivity contribution in [3.8, 4) is 17.0 Å². The summed E-state index contributed by atoms with van der Waals surface area (Å²) in [5.41, 5.74) is 3.21. The van der Waals surface area contributed by atoms with Gasteiger partial charge < -0.3 is 9.14 Å². The van der Waals surface area contributed by atoms with Crippen molar-refractivity contribution in [2.45, 2.75) is 18.2 Å². The molecule has 160 valence electrons. The predicted octanol–water partition coefficient (Wildman–Crippen LogP) is 5.01. The fourth-order valence-corrected chi connectivity index (χ4v) is 4.24. The van der Waals surface area contributed by atoms with E-state index in [0.29, 0.717) is 11.3 Å². The van der Waals surface area contributed by atoms with E-state index in [1.54, 1.807) is 24.4 Å². The monoisotopic (exact) mass is 447 g/mol. The highest BCUT2D eigenvalue weighted by molar-refractivity contribution is 7.92. The number of benzene rings is 2. The Morgan fingerprint density at radius 3 is 2.58 bits per heavy atom. The average molecular weight is 447 g/mol. The van der Waals surface area contributed by atoms with Gasteiger partial charge >= 0.3 is 6.36 Å². The average Bonchev–Trinajstić information content (AvgIpc) is 3.10. The molecule has 0 radical (unpaired) electrons. The topological polar surface area (TPSA) is 72.7 Å². The van der Waals surface area contributed by atoms with E-state index in [4.69, 9.17) is 0 Å². The number of pyridine rings is 1. The summed E-state index contributed by atoms with van der Waals surface area (Å²) in [5.74, 6) is -0.811. The second-order valence-electron chi connectivity index (χ2n) is 6.78. The van der Waals surface area contributed by atoms with Crippen LogP contribution in [0.5, 0.6) is 5.75 Å². The van der Waals surface area contributed by atoms with Crippen LogP contribution in [0.3, 0.4) is 0 Å². The molecule has 0 aliphatic carbocycles. The third-order valence-corrected chi connectivity index (χ3v) is 5.81. The number of para-hydroxylation sites is 1. The lowest BCUT2D eigenvalue weighted by Gasteiger charge is -2.14. The first-order valence-corrected chi connectivity index (χ1v) is 10.5. The molecule has 0 aliphatic heterocycles. The third-order valence-electron chi connectivity index (χ3n) is 4.39. The highest BCUT2D eigenvalue weighted by Crippen LogP contribution is 2.31. The fraction of sp³-hybridized carbons (Fsp3) is 0.0952. The number of aromatic nitrogens is 2. The predicted molar refractivity (Wildman–Crippen MR) is 109 cm³/mol. The minimum absolute atomic E-state index is 0.174. The Morgan fingerprint density at radius 1 is 1.03 bits per heavy atom. The van der Waals surface area contributed by atoms with E-state index in [-0.39, 0.29) is 5.69 Å². The first kappa shape index (κ1) is 20.7. The van der Waals surface area contributed by atoms with Crippen LogP contribution in [0.4, 0.5) is 18.9 Å². The fourth-order valence-electron chi connectivity index (χ4n) is 3.06. The molecule has 0 spiro atoms. The summed E-state index contributed by atoms with van der Waals surface area (Å²) in [6, 6.07) is 14.8. The third kappa shape index (κ3) is 4.64. The van der Waals surface area contributed by atoms with Crippen LogP contribution in [0.15, 0.2) is 78.0 Å². The molecule has 6 nitrogen and oxygen atoms in total. The van der Waals surface area contributed by atoms with E-state index in [1.165, 1.54) is 18.2 Å². The molecule has 31 heavy (non-hydrogen) atoms. The number of hydrogen-bond acceptors (Lipinski definition) is 4. The largest absolute Gasteiger partial charge is 0.573 e. The Balaban J connectivity index is 1.66. The van der Waals surface area contributed by atoms with E-state index in [9.17, 15) is 21.6 Å². The number of aryl methyl sites for hydroxylation is 1. The molecule has 1 N–H and O–H groups in total. The maximum atomic E-state index is 12.8. The number of alkyl halides is 3. The van der Waals surface area contributed by atoms with Gasteiger partial charge in [0.15, 0.2) is 0 Å². The second-order valence-corrected chi connectivity index (χ2v) is 8.43. The Morgan fingerprint density at radius 2 is 1.81 bits per heavy atom. The number of hydrogen-bond donors (Lipinski definition) is 1. The van der Waals surface area contributed by atoms with E-state index in [0.717, 1.165) is 23.3 Å². The number of halogens is 3. The van der Waals surface area contributed by atoms with Gasteiger partial charge in [0.05, 0.1) is 5.69 Å². The minimum Gasteiger partial charge on any atom is -0.404 e. The first-order valence-electron chi connectivity index (χ1n) is 9.04. The van der Waals surface area contributed by atoms with Crippen molar-refractivity contribution in [3.63, 3.8) is 0 Å². The quantitative estimate of drug-likeness (QED) is 0.467. The normalized spacial score (nSPS) is 12.1. The Kier molecular flexibility index (Phi) is 5.10. The van der Waals surface area contributed by atoms with Gasteiger partial charge in [-0.25, -0.2) is 13.4 Å². The lowest BCUT2D eigenvalue weighted by Crippen LogP contribution is -2.20. The van der Waals surface area contributed by atoms with Gasteiger partial charge in [-0.05, 0) is 48.9 Å². The Hall–Kier alpha value is -3.53. The van der Waals surface area contributed by atoms with Crippen LogP contribution in [0.1, 0.15) is 5.56 Å². The molecule has 4 rings (SSSR count). The van der Waals surface area contributed by atoms with Crippen molar-refractivity contribution in [2.24, 2.45) is 0 Å². The number of fused-ring (bicyclic) bond motifs is 1. The second kappa shape index (κ2) is 7.62. The summed E-state index contributed by atoms with van der Waals surface area (Å²) in [7, 11) is -4.35. The molecular formula is C21H16F3N3O3S. The van der Waals surface area contributed by atoms with Crippen LogP contribution in [-0.2, 0) is 10.0 Å². The number of rotatable bonds is 5. The van der Waals surface area contributed by atoms with Crippen molar-refractivity contribution < 1.29 is 26.3 Å². The van der Waals surface area contributed by atoms with Crippen LogP contribution >= 0.6 is 0 Å². The molecule has 2 aromatic carbocycles. The standard InChI is InChI=1S/C21H16F3N3O3S/c1-14-9-10-27-13-17(25-20(27)11-14)15-5-4-6-16(12-15)26-31(28,29)19-8-3-2-7-18(19)30-21(22,23)24/h2-13,26H,1H3. The smallest absolute Gasteiger partial charge is 0.404 e. The zero-order valence-electron chi connectivity index (χ0n) is 16.1. The minimum atomic E-state index is -5.02. The molecule has 0 saturated carbocycles. The van der Waals surface area contributed by atoms with Crippen molar-refractivity contribution >= 4 is 21.4 Å². The summed E-state index contributed by atoms with van der Waals surface area (Å²) < 4.78 is 71.4. The van der Waals surface area contributed by atoms with Crippen molar-refractivity contribution in [1.82, 2.24) is 9.38 Å². The number of imidazole rings is 1. The number of anilines is 1. The van der Waals surface area contributed by atoms with Gasteiger partial charge in [-0.15, -0.1) is 13.2 Å². The summed E-state index contributed by atoms with van der Waals surface area (Å²) in [6.45, 7) is 1.95. The molecule has 0 fully saturated rings. The van der Waals surface area contributed by atoms with Gasteiger partial charge in [-0.3, -0.25) is 4.72 Å². The first-order chi connectivity index (χ1) is 14.6. The Labute approximate surface area is 176 Å². The molecule has 0 unspecified atom stereocenters. The highest BCUT2D eigenvalue weighted by Gasteiger charge is 2.34. The highest BCUT2D eigenvalue weighted by atomic mass is 32.2. The molecule has 0 bridgehead atoms. The lowest BCUT2D eigenvalue weighted by atomic mass is 10.1. The van der Waals surface area contributed by atoms with Gasteiger partial charge in [0.1, 0.15) is 16.3 Å². The van der Waals surface area contributed by atoms with Crippen LogP contribution < -0.4 is 9.46 Å². The molecule has 2 aromatic heterocycles. The maximum Gasteiger partial charge on any atom is 0.573 e. The van der Waals surface area contributed by atoms with Gasteiger partial charge in [0, 0.05) is 23.6 Å². The molecule has 4 aromatic rings. The zero-order chi connectivity index (χ0) is 22.2. The number of sulfonamides is 1. The number of ether oxygens (including phenoxy) is 1. The maximum absolute atomic E-state index is 12.8. The molecule has 0 saturated heterocycles. The van der Waals surface area contributed by atoms with Crippen LogP contribution in [0.2, 0.25) is 0 Å². The van der Waals surface area contributed by atoms with Gasteiger partial charge in [0.2, 0.25) is 0 Å². The lowest BCUT2D eigenvalue weighted by molar-refractivity contribution is -0.275. The summed E-state index contributed by atoms with van der Waals surface area (Å²) in [6.07, 6.45) is -1.35. The van der Waals surface area contributed by atoms with Gasteiger partial charge in [0.25, 0.3) is 10.0 Å². The zero-order valence-corrected chi connectivity index (χ0v) is 16.9. The van der Waals surface area contributed by atoms with E-state index >= 15 is 0 Å². The summed E-state index contributed by atoms with van der Waals surface area (Å²) in [5, 5.41) is 0. The van der Waals surface area contributed by atoms with E-state index < -0.39 is 27.0 Å². The van der Waals surface area contributed by atoms with Crippen molar-refractivity contribution in [2.75, 3.05) is 4.72 Å². The van der Waals surface area contributed by atoms with Crippen LogP contribution in [-0.4, -0.2) is 24.2 Å². The molecule has 0 atom stereocenters. The van der Waals surface area contributed by atoms with Crippen LogP contribution in [0.25, 0.3) is 16.9 Å². The summed E-state index contributed by atoms with van der Waals surface area (Å²) in [4.78, 5) is 3.91. The van der Waals surface area contributed by atoms with Crippen LogP contribution in [0, 0.1) is 6.92 Å². The van der Waals surface area contributed by atoms with Crippen molar-refractivity contribution in [1.29, 1.82) is 0 Å². The number of nitrogens with zero attached hydrogens (tertiary/aromatic N) is 2. The SMILES string of the molecule is Cc1ccn2cc(-c3cccc(NS(=O)(=O)c4ccccc4OC(F)(F)F)c3)nc2c1. The molecule has 0 amide bonds. The number of nitrogens with one attached hydrogen (secondary N) is 1. The van der Waals surface area contributed by atoms with E-state index in [2.05, 4.69) is 14.4 Å². The van der Waals surface area contributed by atoms with E-state index in [1.807, 2.05) is 29.7 Å².